The molecule has 1 fully saturated rings. The third kappa shape index (κ3) is 5.49. The minimum absolute atomic E-state index is 0.0569. The van der Waals surface area contributed by atoms with Crippen molar-refractivity contribution in [3.8, 4) is 5.75 Å². The van der Waals surface area contributed by atoms with E-state index in [2.05, 4.69) is 15.0 Å². The molecule has 36 heavy (non-hydrogen) atoms. The van der Waals surface area contributed by atoms with Crippen LogP contribution in [-0.2, 0) is 21.2 Å². The number of benzene rings is 2. The molecular weight excluding hydrogens is 497 g/mol. The summed E-state index contributed by atoms with van der Waals surface area (Å²) in [5, 5.41) is 2.69. The van der Waals surface area contributed by atoms with Crippen molar-refractivity contribution in [2.45, 2.75) is 45.0 Å². The van der Waals surface area contributed by atoms with Crippen LogP contribution in [0.5, 0.6) is 5.75 Å². The molecule has 4 rings (SSSR count). The first-order valence-electron chi connectivity index (χ1n) is 11.4. The van der Waals surface area contributed by atoms with E-state index < -0.39 is 21.9 Å². The molecule has 3 N–H and O–H groups in total. The zero-order valence-electron chi connectivity index (χ0n) is 19.9. The van der Waals surface area contributed by atoms with Gasteiger partial charge in [0.15, 0.2) is 0 Å². The molecule has 1 saturated heterocycles. The van der Waals surface area contributed by atoms with Crippen molar-refractivity contribution in [3.05, 3.63) is 58.7 Å². The number of halogens is 3. The predicted octanol–water partition coefficient (Wildman–Crippen LogP) is 3.07. The Kier molecular flexibility index (Phi) is 6.78. The van der Waals surface area contributed by atoms with Gasteiger partial charge in [0.2, 0.25) is 10.0 Å². The lowest BCUT2D eigenvalue weighted by Gasteiger charge is -2.34. The number of carbonyl (C=O) groups excluding carboxylic acids is 1. The number of alkyl halides is 3. The van der Waals surface area contributed by atoms with Crippen molar-refractivity contribution < 1.29 is 31.1 Å². The van der Waals surface area contributed by atoms with Crippen molar-refractivity contribution >= 4 is 27.5 Å². The Balaban J connectivity index is 1.41. The third-order valence-corrected chi connectivity index (χ3v) is 8.49. The molecule has 0 aliphatic carbocycles. The van der Waals surface area contributed by atoms with Crippen LogP contribution in [-0.4, -0.2) is 55.2 Å². The van der Waals surface area contributed by atoms with Gasteiger partial charge in [-0.05, 0) is 86.2 Å². The van der Waals surface area contributed by atoms with Gasteiger partial charge in [0.05, 0.1) is 5.75 Å². The summed E-state index contributed by atoms with van der Waals surface area (Å²) in [6, 6.07) is 8.68. The highest BCUT2D eigenvalue weighted by Gasteiger charge is 2.47. The average Bonchev–Trinajstić information content (AvgIpc) is 3.08. The molecule has 2 heterocycles. The molecule has 2 aromatic rings. The van der Waals surface area contributed by atoms with Gasteiger partial charge in [-0.1, -0.05) is 0 Å². The summed E-state index contributed by atoms with van der Waals surface area (Å²) in [7, 11) is -3.56. The summed E-state index contributed by atoms with van der Waals surface area (Å²) in [5.74, 6) is -0.547. The lowest BCUT2D eigenvalue weighted by atomic mass is 9.89. The molecule has 0 saturated carbocycles. The van der Waals surface area contributed by atoms with Gasteiger partial charge < -0.3 is 15.8 Å². The zero-order valence-corrected chi connectivity index (χ0v) is 20.7. The van der Waals surface area contributed by atoms with Crippen LogP contribution in [0.3, 0.4) is 0 Å². The SMILES string of the molecule is Cc1cc(N)cc(C)c1CCS(=O)(=O)N1CCC2(CC1)N=C(c1ccc(OC(F)(F)F)cc1)NC2=O. The monoisotopic (exact) mass is 524 g/mol. The topological polar surface area (TPSA) is 114 Å². The Hall–Kier alpha value is -3.12. The number of nitrogens with one attached hydrogen (secondary N) is 1. The van der Waals surface area contributed by atoms with Gasteiger partial charge in [-0.25, -0.2) is 12.7 Å². The fraction of sp³-hybridized carbons (Fsp3) is 0.417. The molecular formula is C24H27F3N4O4S. The lowest BCUT2D eigenvalue weighted by Crippen LogP contribution is -2.50. The van der Waals surface area contributed by atoms with Gasteiger partial charge in [0.25, 0.3) is 5.91 Å². The summed E-state index contributed by atoms with van der Waals surface area (Å²) >= 11 is 0. The molecule has 8 nitrogen and oxygen atoms in total. The number of ether oxygens (including phenoxy) is 1. The van der Waals surface area contributed by atoms with E-state index >= 15 is 0 Å². The molecule has 12 heteroatoms. The van der Waals surface area contributed by atoms with E-state index in [1.807, 2.05) is 26.0 Å². The van der Waals surface area contributed by atoms with Crippen LogP contribution >= 0.6 is 0 Å². The molecule has 194 valence electrons. The van der Waals surface area contributed by atoms with Crippen LogP contribution in [0.4, 0.5) is 18.9 Å². The molecule has 2 aromatic carbocycles. The summed E-state index contributed by atoms with van der Waals surface area (Å²) < 4.78 is 68.4. The number of hydrogen-bond donors (Lipinski definition) is 2. The summed E-state index contributed by atoms with van der Waals surface area (Å²) in [5.41, 5.74) is 8.67. The summed E-state index contributed by atoms with van der Waals surface area (Å²) in [4.78, 5) is 17.3. The highest BCUT2D eigenvalue weighted by atomic mass is 32.2. The van der Waals surface area contributed by atoms with Crippen molar-refractivity contribution in [1.82, 2.24) is 9.62 Å². The summed E-state index contributed by atoms with van der Waals surface area (Å²) in [6.45, 7) is 4.09. The Morgan fingerprint density at radius 3 is 2.25 bits per heavy atom. The van der Waals surface area contributed by atoms with Crippen molar-refractivity contribution in [2.24, 2.45) is 4.99 Å². The first-order chi connectivity index (χ1) is 16.8. The van der Waals surface area contributed by atoms with Gasteiger partial charge in [0, 0.05) is 24.3 Å². The minimum Gasteiger partial charge on any atom is -0.406 e. The number of nitrogens with two attached hydrogens (primary N) is 1. The maximum Gasteiger partial charge on any atom is 0.573 e. The number of sulfonamides is 1. The van der Waals surface area contributed by atoms with E-state index in [-0.39, 0.29) is 49.2 Å². The van der Waals surface area contributed by atoms with Crippen LogP contribution in [0.2, 0.25) is 0 Å². The van der Waals surface area contributed by atoms with E-state index in [0.29, 0.717) is 17.7 Å². The first kappa shape index (κ1) is 26.0. The maximum atomic E-state index is 13.0. The number of carbonyl (C=O) groups is 1. The smallest absolute Gasteiger partial charge is 0.406 e. The molecule has 0 aromatic heterocycles. The number of amides is 1. The van der Waals surface area contributed by atoms with Crippen LogP contribution in [0.25, 0.3) is 0 Å². The van der Waals surface area contributed by atoms with Gasteiger partial charge in [-0.2, -0.15) is 0 Å². The van der Waals surface area contributed by atoms with Crippen LogP contribution in [0.1, 0.15) is 35.1 Å². The van der Waals surface area contributed by atoms with Gasteiger partial charge in [0.1, 0.15) is 17.1 Å². The molecule has 0 unspecified atom stereocenters. The molecule has 1 amide bonds. The number of nitrogens with zero attached hydrogens (tertiary/aromatic N) is 2. The molecule has 1 spiro atoms. The van der Waals surface area contributed by atoms with E-state index in [1.54, 1.807) is 0 Å². The summed E-state index contributed by atoms with van der Waals surface area (Å²) in [6.07, 6.45) is -4.03. The Bertz CT molecular complexity index is 1280. The van der Waals surface area contributed by atoms with Crippen molar-refractivity contribution in [2.75, 3.05) is 24.6 Å². The molecule has 2 aliphatic heterocycles. The van der Waals surface area contributed by atoms with E-state index in [1.165, 1.54) is 16.4 Å². The van der Waals surface area contributed by atoms with Crippen molar-refractivity contribution in [3.63, 3.8) is 0 Å². The van der Waals surface area contributed by atoms with Crippen molar-refractivity contribution in [1.29, 1.82) is 0 Å². The van der Waals surface area contributed by atoms with Gasteiger partial charge in [-0.15, -0.1) is 13.2 Å². The quantitative estimate of drug-likeness (QED) is 0.564. The van der Waals surface area contributed by atoms with E-state index in [4.69, 9.17) is 5.73 Å². The fourth-order valence-corrected chi connectivity index (χ4v) is 6.18. The molecule has 0 atom stereocenters. The average molecular weight is 525 g/mol. The number of aryl methyl sites for hydroxylation is 2. The van der Waals surface area contributed by atoms with Gasteiger partial charge in [-0.3, -0.25) is 9.79 Å². The Morgan fingerprint density at radius 2 is 1.69 bits per heavy atom. The normalized spacial score (nSPS) is 18.2. The number of rotatable bonds is 6. The van der Waals surface area contributed by atoms with Gasteiger partial charge >= 0.3 is 6.36 Å². The number of piperidine rings is 1. The minimum atomic E-state index is -4.80. The largest absolute Gasteiger partial charge is 0.573 e. The first-order valence-corrected chi connectivity index (χ1v) is 13.0. The number of amidine groups is 1. The second kappa shape index (κ2) is 9.40. The number of nitrogen functional groups attached to an aromatic ring is 1. The number of anilines is 1. The Morgan fingerprint density at radius 1 is 1.11 bits per heavy atom. The zero-order chi connectivity index (χ0) is 26.3. The molecule has 0 bridgehead atoms. The predicted molar refractivity (Wildman–Crippen MR) is 129 cm³/mol. The second-order valence-corrected chi connectivity index (χ2v) is 11.2. The number of aliphatic imine (C=N–C) groups is 1. The fourth-order valence-electron chi connectivity index (χ4n) is 4.72. The van der Waals surface area contributed by atoms with E-state index in [9.17, 15) is 26.4 Å². The van der Waals surface area contributed by atoms with Crippen LogP contribution in [0.15, 0.2) is 41.4 Å². The maximum absolute atomic E-state index is 13.0. The Labute approximate surface area is 207 Å². The van der Waals surface area contributed by atoms with Crippen LogP contribution < -0.4 is 15.8 Å². The number of hydrogen-bond acceptors (Lipinski definition) is 6. The second-order valence-electron chi connectivity index (χ2n) is 9.12. The lowest BCUT2D eigenvalue weighted by molar-refractivity contribution is -0.274. The molecule has 2 aliphatic rings. The van der Waals surface area contributed by atoms with Crippen LogP contribution in [0, 0.1) is 13.8 Å². The highest BCUT2D eigenvalue weighted by molar-refractivity contribution is 7.89. The highest BCUT2D eigenvalue weighted by Crippen LogP contribution is 2.33. The van der Waals surface area contributed by atoms with E-state index in [0.717, 1.165) is 28.8 Å². The third-order valence-electron chi connectivity index (χ3n) is 6.61. The molecule has 0 radical (unpaired) electrons. The standard InChI is InChI=1S/C24H27F3N4O4S/c1-15-13-18(28)14-16(2)20(15)7-12-36(33,34)31-10-8-23(9-11-31)22(32)29-21(30-23)17-3-5-19(6-4-17)35-24(25,26)27/h3-6,13-14H,7-12,28H2,1-2H3,(H,29,30,32).